The molecule has 1 heterocycles. The van der Waals surface area contributed by atoms with Gasteiger partial charge in [0.1, 0.15) is 0 Å². The van der Waals surface area contributed by atoms with Gasteiger partial charge in [-0.3, -0.25) is 4.79 Å². The molecule has 0 saturated carbocycles. The molecule has 0 aliphatic carbocycles. The standard InChI is InChI=1S/C20H18N4O/c1-15-7-5-6-10-18(15)24-14-12-19(25)20(23-24)17(11-13-21)22-16-8-3-2-4-9-16/h2-14,21-22H,1H3/b17-11-,21-13?. The van der Waals surface area contributed by atoms with Gasteiger partial charge in [-0.1, -0.05) is 36.4 Å². The van der Waals surface area contributed by atoms with Crippen molar-refractivity contribution in [2.24, 2.45) is 0 Å². The number of rotatable bonds is 5. The molecule has 5 nitrogen and oxygen atoms in total. The van der Waals surface area contributed by atoms with Crippen LogP contribution in [0.3, 0.4) is 0 Å². The summed E-state index contributed by atoms with van der Waals surface area (Å²) in [5.74, 6) is 0. The molecule has 124 valence electrons. The van der Waals surface area contributed by atoms with Crippen LogP contribution in [0.4, 0.5) is 5.69 Å². The maximum absolute atomic E-state index is 12.4. The highest BCUT2D eigenvalue weighted by molar-refractivity contribution is 5.86. The first kappa shape index (κ1) is 16.4. The maximum atomic E-state index is 12.4. The van der Waals surface area contributed by atoms with Crippen LogP contribution in [0.1, 0.15) is 11.3 Å². The maximum Gasteiger partial charge on any atom is 0.209 e. The second kappa shape index (κ2) is 7.40. The molecule has 2 aromatic carbocycles. The predicted molar refractivity (Wildman–Crippen MR) is 101 cm³/mol. The van der Waals surface area contributed by atoms with E-state index in [2.05, 4.69) is 10.4 Å². The summed E-state index contributed by atoms with van der Waals surface area (Å²) in [6, 6.07) is 18.8. The van der Waals surface area contributed by atoms with Crippen molar-refractivity contribution >= 4 is 17.6 Å². The Kier molecular flexibility index (Phi) is 4.85. The van der Waals surface area contributed by atoms with E-state index in [1.165, 1.54) is 12.1 Å². The fraction of sp³-hybridized carbons (Fsp3) is 0.0500. The Labute approximate surface area is 145 Å². The molecular formula is C20H18N4O. The van der Waals surface area contributed by atoms with Gasteiger partial charge in [0.2, 0.25) is 5.43 Å². The summed E-state index contributed by atoms with van der Waals surface area (Å²) in [7, 11) is 0. The lowest BCUT2D eigenvalue weighted by atomic mass is 10.2. The summed E-state index contributed by atoms with van der Waals surface area (Å²) in [6.07, 6.45) is 4.31. The number of benzene rings is 2. The Balaban J connectivity index is 2.06. The summed E-state index contributed by atoms with van der Waals surface area (Å²) in [5.41, 5.74) is 3.31. The molecule has 0 fully saturated rings. The summed E-state index contributed by atoms with van der Waals surface area (Å²) < 4.78 is 1.68. The van der Waals surface area contributed by atoms with Crippen LogP contribution in [0.15, 0.2) is 77.7 Å². The van der Waals surface area contributed by atoms with Crippen LogP contribution in [0.5, 0.6) is 0 Å². The SMILES string of the molecule is Cc1ccccc1-n1ccc(=O)c(/C(=C/C=N)Nc2ccccc2)n1. The molecule has 1 aromatic heterocycles. The van der Waals surface area contributed by atoms with E-state index in [1.54, 1.807) is 10.9 Å². The van der Waals surface area contributed by atoms with Crippen molar-refractivity contribution in [1.82, 2.24) is 9.78 Å². The Morgan fingerprint density at radius 2 is 1.80 bits per heavy atom. The molecule has 0 bridgehead atoms. The molecule has 5 heteroatoms. The minimum atomic E-state index is -0.207. The largest absolute Gasteiger partial charge is 0.354 e. The van der Waals surface area contributed by atoms with Crippen LogP contribution < -0.4 is 10.7 Å². The van der Waals surface area contributed by atoms with Crippen LogP contribution in [0.2, 0.25) is 0 Å². The zero-order chi connectivity index (χ0) is 17.6. The molecule has 0 spiro atoms. The number of nitrogens with zero attached hydrogens (tertiary/aromatic N) is 2. The quantitative estimate of drug-likeness (QED) is 0.702. The van der Waals surface area contributed by atoms with E-state index in [-0.39, 0.29) is 11.1 Å². The molecule has 3 rings (SSSR count). The zero-order valence-electron chi connectivity index (χ0n) is 13.8. The van der Waals surface area contributed by atoms with Gasteiger partial charge in [0, 0.05) is 24.2 Å². The number of hydrogen-bond donors (Lipinski definition) is 2. The number of anilines is 1. The van der Waals surface area contributed by atoms with E-state index in [4.69, 9.17) is 5.41 Å². The Bertz CT molecular complexity index is 974. The molecule has 0 aliphatic heterocycles. The first-order valence-corrected chi connectivity index (χ1v) is 7.88. The van der Waals surface area contributed by atoms with Crippen LogP contribution in [-0.4, -0.2) is 16.0 Å². The van der Waals surface area contributed by atoms with Gasteiger partial charge < -0.3 is 10.7 Å². The average Bonchev–Trinajstić information content (AvgIpc) is 2.63. The second-order valence-corrected chi connectivity index (χ2v) is 5.50. The lowest BCUT2D eigenvalue weighted by molar-refractivity contribution is 0.819. The number of nitrogens with one attached hydrogen (secondary N) is 2. The molecule has 0 radical (unpaired) electrons. The number of aryl methyl sites for hydroxylation is 1. The van der Waals surface area contributed by atoms with Crippen molar-refractivity contribution < 1.29 is 0 Å². The molecular weight excluding hydrogens is 312 g/mol. The Morgan fingerprint density at radius 1 is 1.08 bits per heavy atom. The molecule has 2 N–H and O–H groups in total. The highest BCUT2D eigenvalue weighted by Gasteiger charge is 2.11. The van der Waals surface area contributed by atoms with Gasteiger partial charge >= 0.3 is 0 Å². The first-order valence-electron chi connectivity index (χ1n) is 7.88. The van der Waals surface area contributed by atoms with Crippen molar-refractivity contribution in [2.45, 2.75) is 6.92 Å². The van der Waals surface area contributed by atoms with Gasteiger partial charge in [0.05, 0.1) is 11.4 Å². The summed E-state index contributed by atoms with van der Waals surface area (Å²) in [4.78, 5) is 12.4. The van der Waals surface area contributed by atoms with Crippen LogP contribution >= 0.6 is 0 Å². The molecule has 0 aliphatic rings. The van der Waals surface area contributed by atoms with E-state index in [0.717, 1.165) is 23.2 Å². The van der Waals surface area contributed by atoms with Crippen LogP contribution in [-0.2, 0) is 0 Å². The van der Waals surface area contributed by atoms with E-state index in [9.17, 15) is 4.79 Å². The number of hydrogen-bond acceptors (Lipinski definition) is 4. The Hall–Kier alpha value is -3.47. The molecule has 0 atom stereocenters. The molecule has 0 saturated heterocycles. The summed E-state index contributed by atoms with van der Waals surface area (Å²) in [6.45, 7) is 1.99. The number of allylic oxidation sites excluding steroid dienone is 1. The van der Waals surface area contributed by atoms with Crippen molar-refractivity contribution in [3.05, 3.63) is 94.4 Å². The highest BCUT2D eigenvalue weighted by atomic mass is 16.1. The summed E-state index contributed by atoms with van der Waals surface area (Å²) >= 11 is 0. The van der Waals surface area contributed by atoms with Gasteiger partial charge in [-0.25, -0.2) is 4.68 Å². The fourth-order valence-corrected chi connectivity index (χ4v) is 2.49. The third-order valence-corrected chi connectivity index (χ3v) is 3.73. The topological polar surface area (TPSA) is 70.8 Å². The van der Waals surface area contributed by atoms with Gasteiger partial charge in [0.25, 0.3) is 0 Å². The van der Waals surface area contributed by atoms with Crippen molar-refractivity contribution in [2.75, 3.05) is 5.32 Å². The first-order chi connectivity index (χ1) is 12.2. The third-order valence-electron chi connectivity index (χ3n) is 3.73. The van der Waals surface area contributed by atoms with Gasteiger partial charge in [-0.2, -0.15) is 5.10 Å². The minimum Gasteiger partial charge on any atom is -0.354 e. The average molecular weight is 330 g/mol. The lowest BCUT2D eigenvalue weighted by Gasteiger charge is -2.13. The molecule has 25 heavy (non-hydrogen) atoms. The Morgan fingerprint density at radius 3 is 2.52 bits per heavy atom. The van der Waals surface area contributed by atoms with Gasteiger partial charge in [-0.15, -0.1) is 0 Å². The zero-order valence-corrected chi connectivity index (χ0v) is 13.8. The third kappa shape index (κ3) is 3.72. The van der Waals surface area contributed by atoms with Crippen LogP contribution in [0, 0.1) is 12.3 Å². The monoisotopic (exact) mass is 330 g/mol. The van der Waals surface area contributed by atoms with E-state index in [0.29, 0.717) is 5.70 Å². The number of aromatic nitrogens is 2. The molecule has 3 aromatic rings. The van der Waals surface area contributed by atoms with Crippen molar-refractivity contribution in [3.8, 4) is 5.69 Å². The van der Waals surface area contributed by atoms with Crippen LogP contribution in [0.25, 0.3) is 11.4 Å². The van der Waals surface area contributed by atoms with E-state index >= 15 is 0 Å². The van der Waals surface area contributed by atoms with Crippen molar-refractivity contribution in [1.29, 1.82) is 5.41 Å². The molecule has 0 unspecified atom stereocenters. The van der Waals surface area contributed by atoms with Gasteiger partial charge in [0.15, 0.2) is 5.69 Å². The smallest absolute Gasteiger partial charge is 0.209 e. The highest BCUT2D eigenvalue weighted by Crippen LogP contribution is 2.16. The minimum absolute atomic E-state index is 0.207. The fourth-order valence-electron chi connectivity index (χ4n) is 2.49. The number of para-hydroxylation sites is 2. The second-order valence-electron chi connectivity index (χ2n) is 5.50. The normalized spacial score (nSPS) is 11.2. The van der Waals surface area contributed by atoms with E-state index in [1.807, 2.05) is 61.5 Å². The summed E-state index contributed by atoms with van der Waals surface area (Å²) in [5, 5.41) is 15.0. The molecule has 0 amide bonds. The van der Waals surface area contributed by atoms with Gasteiger partial charge in [-0.05, 0) is 36.8 Å². The lowest BCUT2D eigenvalue weighted by Crippen LogP contribution is -2.18. The van der Waals surface area contributed by atoms with Crippen molar-refractivity contribution in [3.63, 3.8) is 0 Å². The predicted octanol–water partition coefficient (Wildman–Crippen LogP) is 3.64. The van der Waals surface area contributed by atoms with E-state index < -0.39 is 0 Å².